The summed E-state index contributed by atoms with van der Waals surface area (Å²) in [7, 11) is 0. The molecule has 0 aliphatic carbocycles. The largest absolute Gasteiger partial charge is 0 e. The molecule has 0 N–H and O–H groups in total. The van der Waals surface area contributed by atoms with Crippen LogP contribution >= 0.6 is 0 Å². The minimum absolute atomic E-state index is 0. The maximum absolute atomic E-state index is 8.64. The average molecular weight is 370 g/mol. The monoisotopic (exact) mass is 369 g/mol. The Bertz CT molecular complexity index is 53.7. The molecular weight excluding hydrogens is 370 g/mol. The van der Waals surface area contributed by atoms with Crippen molar-refractivity contribution in [2.45, 2.75) is 0 Å². The molecule has 0 bridgehead atoms. The summed E-state index contributed by atoms with van der Waals surface area (Å²) < 4.78 is 34.6. The van der Waals surface area contributed by atoms with Crippen LogP contribution in [0.1, 0.15) is 0 Å². The van der Waals surface area contributed by atoms with E-state index in [2.05, 4.69) is 0 Å². The van der Waals surface area contributed by atoms with Crippen molar-refractivity contribution >= 4 is 20.1 Å². The van der Waals surface area contributed by atoms with E-state index in [1.165, 1.54) is 0 Å². The fourth-order valence-corrected chi connectivity index (χ4v) is 0. The quantitative estimate of drug-likeness (QED) is 0.407. The van der Waals surface area contributed by atoms with Crippen LogP contribution < -0.4 is 10.2 Å². The summed E-state index contributed by atoms with van der Waals surface area (Å²) in [5.74, 6) is 0. The molecule has 0 heterocycles. The third kappa shape index (κ3) is 64.6. The molecule has 4 nitrogen and oxygen atoms in total. The van der Waals surface area contributed by atoms with E-state index in [0.29, 0.717) is 0 Å². The minimum atomic E-state index is -6.10. The molecule has 0 amide bonds. The van der Waals surface area contributed by atoms with Crippen LogP contribution in [0, 0.1) is 0 Å². The van der Waals surface area contributed by atoms with Gasteiger partial charge in [0.1, 0.15) is 0 Å². The van der Waals surface area contributed by atoms with Crippen LogP contribution in [0.2, 0.25) is 0 Å². The zero-order valence-electron chi connectivity index (χ0n) is 2.49. The van der Waals surface area contributed by atoms with Gasteiger partial charge in [0, 0.05) is 21.1 Å². The van der Waals surface area contributed by atoms with Crippen LogP contribution in [0.4, 0.5) is 0 Å². The van der Waals surface area contributed by atoms with Crippen molar-refractivity contribution in [1.29, 1.82) is 0 Å². The van der Waals surface area contributed by atoms with Crippen LogP contribution in [-0.4, -0.2) is 20.1 Å². The molecule has 0 rings (SSSR count). The Kier molecular flexibility index (Phi) is 5.49. The van der Waals surface area contributed by atoms with Gasteiger partial charge in [0.15, 0.2) is 0 Å². The van der Waals surface area contributed by atoms with E-state index in [-0.39, 0.29) is 21.1 Å². The van der Waals surface area contributed by atoms with Gasteiger partial charge in [-0.1, -0.05) is 0 Å². The standard InChI is InChI=1S/4O.Sb.W/q;3*-1;;. The molecule has 0 fully saturated rings. The van der Waals surface area contributed by atoms with Crippen LogP contribution in [0.3, 0.4) is 0 Å². The van der Waals surface area contributed by atoms with E-state index in [9.17, 15) is 0 Å². The molecular formula is O4SbW-3. The number of rotatable bonds is 0. The summed E-state index contributed by atoms with van der Waals surface area (Å²) in [4.78, 5) is 0. The summed E-state index contributed by atoms with van der Waals surface area (Å²) >= 11 is -6.10. The van der Waals surface area contributed by atoms with Crippen LogP contribution in [0.15, 0.2) is 0 Å². The van der Waals surface area contributed by atoms with E-state index >= 15 is 0 Å². The van der Waals surface area contributed by atoms with Crippen molar-refractivity contribution in [2.75, 3.05) is 0 Å². The maximum Gasteiger partial charge on any atom is 0 e. The van der Waals surface area contributed by atoms with Crippen LogP contribution in [-0.2, 0) is 24.1 Å². The van der Waals surface area contributed by atoms with Crippen molar-refractivity contribution in [3.63, 3.8) is 0 Å². The van der Waals surface area contributed by atoms with Crippen molar-refractivity contribution in [2.24, 2.45) is 0 Å². The van der Waals surface area contributed by atoms with Gasteiger partial charge in [-0.25, -0.2) is 0 Å². The van der Waals surface area contributed by atoms with Crippen molar-refractivity contribution in [3.8, 4) is 0 Å². The normalized spacial score (nSPS) is 9.83. The molecule has 0 saturated carbocycles. The molecule has 38 valence electrons. The summed E-state index contributed by atoms with van der Waals surface area (Å²) in [5, 5.41) is 0. The minimum Gasteiger partial charge on any atom is 0 e. The van der Waals surface area contributed by atoms with Crippen molar-refractivity contribution in [3.05, 3.63) is 0 Å². The summed E-state index contributed by atoms with van der Waals surface area (Å²) in [6, 6.07) is 0. The summed E-state index contributed by atoms with van der Waals surface area (Å²) in [5.41, 5.74) is 0. The Balaban J connectivity index is 0. The fraction of sp³-hybridized carbons (Fsp3) is 0. The fourth-order valence-electron chi connectivity index (χ4n) is 0. The molecule has 0 radical (unpaired) electrons. The predicted molar refractivity (Wildman–Crippen MR) is 6.44 cm³/mol. The van der Waals surface area contributed by atoms with E-state index in [0.717, 1.165) is 0 Å². The van der Waals surface area contributed by atoms with Gasteiger partial charge < -0.3 is 0 Å². The van der Waals surface area contributed by atoms with E-state index in [1.807, 2.05) is 0 Å². The van der Waals surface area contributed by atoms with Gasteiger partial charge in [-0.2, -0.15) is 0 Å². The third-order valence-corrected chi connectivity index (χ3v) is 0. The molecule has 0 aliphatic heterocycles. The molecule has 0 aromatic carbocycles. The molecule has 0 aromatic heterocycles. The first-order valence-corrected chi connectivity index (χ1v) is 4.90. The first-order valence-electron chi connectivity index (χ1n) is 0.730. The zero-order valence-corrected chi connectivity index (χ0v) is 7.97. The molecule has 0 atom stereocenters. The topological polar surface area (TPSA) is 86.2 Å². The van der Waals surface area contributed by atoms with E-state index in [4.69, 9.17) is 13.2 Å². The molecule has 6 heavy (non-hydrogen) atoms. The second-order valence-corrected chi connectivity index (χ2v) is 3.00. The second-order valence-electron chi connectivity index (χ2n) is 0.447. The molecule has 0 aliphatic rings. The Morgan fingerprint density at radius 3 is 1.17 bits per heavy atom. The number of hydrogen-bond donors (Lipinski definition) is 0. The van der Waals surface area contributed by atoms with Gasteiger partial charge >= 0.3 is 33.2 Å². The molecule has 0 saturated heterocycles. The van der Waals surface area contributed by atoms with Gasteiger partial charge in [0.05, 0.1) is 0 Å². The van der Waals surface area contributed by atoms with E-state index in [1.54, 1.807) is 0 Å². The molecule has 6 heteroatoms. The van der Waals surface area contributed by atoms with Crippen LogP contribution in [0.5, 0.6) is 0 Å². The molecule has 0 aromatic rings. The Morgan fingerprint density at radius 1 is 1.17 bits per heavy atom. The average Bonchev–Trinajstić information content (AvgIpc) is 0.722. The van der Waals surface area contributed by atoms with Gasteiger partial charge in [-0.05, 0) is 0 Å². The van der Waals surface area contributed by atoms with E-state index < -0.39 is 20.1 Å². The van der Waals surface area contributed by atoms with Gasteiger partial charge in [-0.3, -0.25) is 0 Å². The predicted octanol–water partition coefficient (Wildman–Crippen LogP) is -4.07. The summed E-state index contributed by atoms with van der Waals surface area (Å²) in [6.07, 6.45) is 0. The summed E-state index contributed by atoms with van der Waals surface area (Å²) in [6.45, 7) is 0. The third-order valence-electron chi connectivity index (χ3n) is 0. The van der Waals surface area contributed by atoms with Crippen molar-refractivity contribution in [1.82, 2.24) is 0 Å². The first kappa shape index (κ1) is 10.2. The zero-order chi connectivity index (χ0) is 4.50. The Hall–Kier alpha value is 1.19. The van der Waals surface area contributed by atoms with Gasteiger partial charge in [-0.15, -0.1) is 0 Å². The first-order chi connectivity index (χ1) is 2.00. The van der Waals surface area contributed by atoms with Crippen LogP contribution in [0.25, 0.3) is 0 Å². The Labute approximate surface area is 54.1 Å². The maximum atomic E-state index is 8.64. The van der Waals surface area contributed by atoms with Gasteiger partial charge in [0.25, 0.3) is 0 Å². The SMILES string of the molecule is [O]=[Sb]([O-])([O-])[O-].[W]. The smallest absolute Gasteiger partial charge is 0 e. The Morgan fingerprint density at radius 2 is 1.17 bits per heavy atom. The van der Waals surface area contributed by atoms with Crippen molar-refractivity contribution < 1.29 is 34.2 Å². The van der Waals surface area contributed by atoms with Gasteiger partial charge in [0.2, 0.25) is 0 Å². The second kappa shape index (κ2) is 3.22. The molecule has 0 unspecified atom stereocenters. The molecule has 0 spiro atoms. The number of hydrogen-bond acceptors (Lipinski definition) is 4.